The van der Waals surface area contributed by atoms with Gasteiger partial charge in [0.1, 0.15) is 5.60 Å². The summed E-state index contributed by atoms with van der Waals surface area (Å²) in [5.41, 5.74) is -0.158. The van der Waals surface area contributed by atoms with Crippen LogP contribution in [0.15, 0.2) is 24.3 Å². The molecule has 1 amide bonds. The SMILES string of the molecule is CC(C)(C)OC(=O)NCCN(c1cccc(Cl)c1)S(C)(=O)=O. The number of amides is 1. The van der Waals surface area contributed by atoms with Crippen LogP contribution in [0.2, 0.25) is 5.02 Å². The molecule has 0 heterocycles. The Morgan fingerprint density at radius 1 is 1.36 bits per heavy atom. The summed E-state index contributed by atoms with van der Waals surface area (Å²) in [7, 11) is -3.49. The molecule has 124 valence electrons. The van der Waals surface area contributed by atoms with Gasteiger partial charge in [0, 0.05) is 11.6 Å². The molecule has 0 bridgehead atoms. The van der Waals surface area contributed by atoms with Gasteiger partial charge < -0.3 is 10.1 Å². The standard InChI is InChI=1S/C14H21ClN2O4S/c1-14(2,3)21-13(18)16-8-9-17(22(4,19)20)12-7-5-6-11(15)10-12/h5-7,10H,8-9H2,1-4H3,(H,16,18). The third kappa shape index (κ3) is 6.53. The smallest absolute Gasteiger partial charge is 0.407 e. The van der Waals surface area contributed by atoms with E-state index in [4.69, 9.17) is 16.3 Å². The summed E-state index contributed by atoms with van der Waals surface area (Å²) in [4.78, 5) is 11.6. The quantitative estimate of drug-likeness (QED) is 0.887. The molecule has 1 N–H and O–H groups in total. The highest BCUT2D eigenvalue weighted by Crippen LogP contribution is 2.21. The Morgan fingerprint density at radius 2 is 2.00 bits per heavy atom. The zero-order valence-corrected chi connectivity index (χ0v) is 14.7. The van der Waals surface area contributed by atoms with Gasteiger partial charge in [0.15, 0.2) is 0 Å². The lowest BCUT2D eigenvalue weighted by Crippen LogP contribution is -2.40. The fourth-order valence-corrected chi connectivity index (χ4v) is 2.80. The second-order valence-corrected chi connectivity index (χ2v) is 8.09. The molecule has 0 atom stereocenters. The van der Waals surface area contributed by atoms with Crippen LogP contribution in [0.25, 0.3) is 0 Å². The lowest BCUT2D eigenvalue weighted by atomic mass is 10.2. The maximum atomic E-state index is 11.9. The molecule has 1 aromatic carbocycles. The van der Waals surface area contributed by atoms with Crippen LogP contribution in [0.4, 0.5) is 10.5 Å². The molecule has 22 heavy (non-hydrogen) atoms. The fourth-order valence-electron chi connectivity index (χ4n) is 1.69. The Kier molecular flexibility index (Phi) is 6.08. The predicted molar refractivity (Wildman–Crippen MR) is 87.9 cm³/mol. The van der Waals surface area contributed by atoms with Gasteiger partial charge in [-0.15, -0.1) is 0 Å². The number of halogens is 1. The van der Waals surface area contributed by atoms with Crippen LogP contribution >= 0.6 is 11.6 Å². The van der Waals surface area contributed by atoms with E-state index in [0.29, 0.717) is 10.7 Å². The van der Waals surface area contributed by atoms with Gasteiger partial charge in [-0.1, -0.05) is 17.7 Å². The largest absolute Gasteiger partial charge is 0.444 e. The highest BCUT2D eigenvalue weighted by Gasteiger charge is 2.19. The Hall–Kier alpha value is -1.47. The number of ether oxygens (including phenoxy) is 1. The number of benzene rings is 1. The normalized spacial score (nSPS) is 11.9. The van der Waals surface area contributed by atoms with E-state index in [1.165, 1.54) is 4.31 Å². The number of nitrogens with zero attached hydrogens (tertiary/aromatic N) is 1. The summed E-state index contributed by atoms with van der Waals surface area (Å²) in [6.07, 6.45) is 0.508. The summed E-state index contributed by atoms with van der Waals surface area (Å²) < 4.78 is 30.0. The van der Waals surface area contributed by atoms with Gasteiger partial charge in [-0.05, 0) is 39.0 Å². The van der Waals surface area contributed by atoms with E-state index in [0.717, 1.165) is 6.26 Å². The Labute approximate surface area is 136 Å². The molecule has 8 heteroatoms. The predicted octanol–water partition coefficient (Wildman–Crippen LogP) is 2.63. The van der Waals surface area contributed by atoms with E-state index in [-0.39, 0.29) is 13.1 Å². The van der Waals surface area contributed by atoms with E-state index < -0.39 is 21.7 Å². The highest BCUT2D eigenvalue weighted by molar-refractivity contribution is 7.92. The molecule has 0 aliphatic carbocycles. The highest BCUT2D eigenvalue weighted by atomic mass is 35.5. The minimum absolute atomic E-state index is 0.0818. The lowest BCUT2D eigenvalue weighted by Gasteiger charge is -2.24. The molecular weight excluding hydrogens is 328 g/mol. The topological polar surface area (TPSA) is 75.7 Å². The summed E-state index contributed by atoms with van der Waals surface area (Å²) >= 11 is 5.88. The van der Waals surface area contributed by atoms with E-state index in [1.807, 2.05) is 0 Å². The van der Waals surface area contributed by atoms with Crippen molar-refractivity contribution in [1.82, 2.24) is 5.32 Å². The molecule has 0 unspecified atom stereocenters. The van der Waals surface area contributed by atoms with E-state index >= 15 is 0 Å². The van der Waals surface area contributed by atoms with Crippen LogP contribution in [-0.4, -0.2) is 39.5 Å². The van der Waals surface area contributed by atoms with Crippen LogP contribution in [0.3, 0.4) is 0 Å². The van der Waals surface area contributed by atoms with Crippen LogP contribution in [0.5, 0.6) is 0 Å². The summed E-state index contributed by atoms with van der Waals surface area (Å²) in [6, 6.07) is 6.51. The van der Waals surface area contributed by atoms with E-state index in [1.54, 1.807) is 45.0 Å². The van der Waals surface area contributed by atoms with Crippen LogP contribution in [0, 0.1) is 0 Å². The number of rotatable bonds is 5. The molecule has 0 aliphatic heterocycles. The monoisotopic (exact) mass is 348 g/mol. The Bertz CT molecular complexity index is 626. The number of sulfonamides is 1. The van der Waals surface area contributed by atoms with Crippen LogP contribution < -0.4 is 9.62 Å². The number of alkyl carbamates (subject to hydrolysis) is 1. The van der Waals surface area contributed by atoms with E-state index in [9.17, 15) is 13.2 Å². The van der Waals surface area contributed by atoms with Gasteiger partial charge in [0.05, 0.1) is 18.5 Å². The van der Waals surface area contributed by atoms with Crippen LogP contribution in [-0.2, 0) is 14.8 Å². The van der Waals surface area contributed by atoms with Gasteiger partial charge in [0.2, 0.25) is 10.0 Å². The number of anilines is 1. The van der Waals surface area contributed by atoms with E-state index in [2.05, 4.69) is 5.32 Å². The Balaban J connectivity index is 2.71. The number of hydrogen-bond donors (Lipinski definition) is 1. The third-order valence-corrected chi connectivity index (χ3v) is 3.91. The first-order valence-corrected chi connectivity index (χ1v) is 8.92. The second kappa shape index (κ2) is 7.19. The summed E-state index contributed by atoms with van der Waals surface area (Å²) in [5.74, 6) is 0. The summed E-state index contributed by atoms with van der Waals surface area (Å²) in [5, 5.41) is 2.96. The molecule has 0 spiro atoms. The lowest BCUT2D eigenvalue weighted by molar-refractivity contribution is 0.0529. The fraction of sp³-hybridized carbons (Fsp3) is 0.500. The maximum absolute atomic E-state index is 11.9. The zero-order chi connectivity index (χ0) is 17.0. The first-order valence-electron chi connectivity index (χ1n) is 6.69. The van der Waals surface area contributed by atoms with Crippen LogP contribution in [0.1, 0.15) is 20.8 Å². The van der Waals surface area contributed by atoms with Crippen molar-refractivity contribution in [2.75, 3.05) is 23.7 Å². The van der Waals surface area contributed by atoms with Gasteiger partial charge in [0.25, 0.3) is 0 Å². The third-order valence-electron chi connectivity index (χ3n) is 2.48. The molecule has 1 aromatic rings. The molecule has 6 nitrogen and oxygen atoms in total. The molecule has 0 fully saturated rings. The summed E-state index contributed by atoms with van der Waals surface area (Å²) in [6.45, 7) is 5.46. The number of carbonyl (C=O) groups is 1. The maximum Gasteiger partial charge on any atom is 0.407 e. The van der Waals surface area contributed by atoms with Gasteiger partial charge in [-0.25, -0.2) is 13.2 Å². The number of hydrogen-bond acceptors (Lipinski definition) is 4. The number of carbonyl (C=O) groups excluding carboxylic acids is 1. The first-order chi connectivity index (χ1) is 9.99. The molecule has 0 aromatic heterocycles. The molecular formula is C14H21ClN2O4S. The molecule has 0 saturated heterocycles. The molecule has 0 saturated carbocycles. The van der Waals surface area contributed by atoms with Crippen molar-refractivity contribution in [3.8, 4) is 0 Å². The molecule has 0 radical (unpaired) electrons. The molecule has 1 rings (SSSR count). The second-order valence-electron chi connectivity index (χ2n) is 5.74. The van der Waals surface area contributed by atoms with Gasteiger partial charge in [-0.2, -0.15) is 0 Å². The van der Waals surface area contributed by atoms with Gasteiger partial charge >= 0.3 is 6.09 Å². The number of nitrogens with one attached hydrogen (secondary N) is 1. The van der Waals surface area contributed by atoms with Crippen molar-refractivity contribution >= 4 is 33.4 Å². The molecule has 0 aliphatic rings. The van der Waals surface area contributed by atoms with Crippen molar-refractivity contribution in [2.45, 2.75) is 26.4 Å². The van der Waals surface area contributed by atoms with Gasteiger partial charge in [-0.3, -0.25) is 4.31 Å². The Morgan fingerprint density at radius 3 is 2.50 bits per heavy atom. The first kappa shape index (κ1) is 18.6. The average molecular weight is 349 g/mol. The minimum atomic E-state index is -3.49. The van der Waals surface area contributed by atoms with Crippen molar-refractivity contribution < 1.29 is 17.9 Å². The van der Waals surface area contributed by atoms with Crippen molar-refractivity contribution in [2.24, 2.45) is 0 Å². The minimum Gasteiger partial charge on any atom is -0.444 e. The van der Waals surface area contributed by atoms with Crippen molar-refractivity contribution in [3.05, 3.63) is 29.3 Å². The zero-order valence-electron chi connectivity index (χ0n) is 13.1. The average Bonchev–Trinajstić information content (AvgIpc) is 2.30. The van der Waals surface area contributed by atoms with Crippen molar-refractivity contribution in [1.29, 1.82) is 0 Å². The van der Waals surface area contributed by atoms with Crippen molar-refractivity contribution in [3.63, 3.8) is 0 Å².